The highest BCUT2D eigenvalue weighted by molar-refractivity contribution is 5.20. The first kappa shape index (κ1) is 12.2. The Balaban J connectivity index is 2.09. The predicted molar refractivity (Wildman–Crippen MR) is 60.3 cm³/mol. The molecule has 0 saturated carbocycles. The van der Waals surface area contributed by atoms with Crippen LogP contribution in [-0.4, -0.2) is 20.0 Å². The Morgan fingerprint density at radius 3 is 2.67 bits per heavy atom. The molecule has 6 nitrogen and oxygen atoms in total. The maximum Gasteiger partial charge on any atom is 0.340 e. The van der Waals surface area contributed by atoms with Crippen molar-refractivity contribution >= 4 is 5.82 Å². The van der Waals surface area contributed by atoms with Crippen LogP contribution in [0.1, 0.15) is 17.5 Å². The average molecular weight is 251 g/mol. The van der Waals surface area contributed by atoms with Gasteiger partial charge in [-0.15, -0.1) is 0 Å². The van der Waals surface area contributed by atoms with Crippen LogP contribution in [0.2, 0.25) is 0 Å². The number of aromatic nitrogens is 2. The highest BCUT2D eigenvalue weighted by Crippen LogP contribution is 2.18. The molecule has 0 amide bonds. The molecule has 0 saturated heterocycles. The molecule has 0 bridgehead atoms. The van der Waals surface area contributed by atoms with Crippen LogP contribution < -0.4 is 0 Å². The second-order valence-electron chi connectivity index (χ2n) is 3.76. The number of nitrogens with zero attached hydrogens (tertiary/aromatic N) is 2. The fourth-order valence-electron chi connectivity index (χ4n) is 1.53. The van der Waals surface area contributed by atoms with E-state index in [0.717, 1.165) is 6.20 Å². The van der Waals surface area contributed by atoms with Crippen molar-refractivity contribution in [3.63, 3.8) is 0 Å². The monoisotopic (exact) mass is 251 g/mol. The molecular weight excluding hydrogens is 241 g/mol. The lowest BCUT2D eigenvalue weighted by atomic mass is 10.1. The number of rotatable bonds is 4. The number of aliphatic hydroxyl groups is 1. The van der Waals surface area contributed by atoms with E-state index < -0.39 is 11.0 Å². The van der Waals surface area contributed by atoms with Crippen molar-refractivity contribution in [3.8, 4) is 0 Å². The number of aromatic amines is 1. The Bertz CT molecular complexity index is 553. The third-order valence-corrected chi connectivity index (χ3v) is 2.44. The molecule has 2 rings (SSSR count). The number of imidazole rings is 1. The second-order valence-corrected chi connectivity index (χ2v) is 3.76. The third-order valence-electron chi connectivity index (χ3n) is 2.44. The first-order chi connectivity index (χ1) is 8.56. The molecule has 0 fully saturated rings. The summed E-state index contributed by atoms with van der Waals surface area (Å²) in [5, 5.41) is 20.3. The minimum absolute atomic E-state index is 0.117. The lowest BCUT2D eigenvalue weighted by Crippen LogP contribution is -2.04. The van der Waals surface area contributed by atoms with Crippen LogP contribution >= 0.6 is 0 Å². The molecule has 94 valence electrons. The summed E-state index contributed by atoms with van der Waals surface area (Å²) < 4.78 is 12.7. The molecule has 0 aliphatic rings. The number of nitrogens with one attached hydrogen (secondary N) is 1. The van der Waals surface area contributed by atoms with Crippen molar-refractivity contribution in [1.82, 2.24) is 9.97 Å². The lowest BCUT2D eigenvalue weighted by molar-refractivity contribution is -0.389. The molecule has 1 aromatic carbocycles. The van der Waals surface area contributed by atoms with Gasteiger partial charge in [-0.2, -0.15) is 0 Å². The zero-order valence-electron chi connectivity index (χ0n) is 9.21. The summed E-state index contributed by atoms with van der Waals surface area (Å²) in [7, 11) is 0. The average Bonchev–Trinajstić information content (AvgIpc) is 2.81. The van der Waals surface area contributed by atoms with E-state index in [1.54, 1.807) is 0 Å². The van der Waals surface area contributed by atoms with Crippen molar-refractivity contribution in [2.45, 2.75) is 12.5 Å². The molecule has 1 unspecified atom stereocenters. The van der Waals surface area contributed by atoms with E-state index in [-0.39, 0.29) is 23.9 Å². The molecule has 2 aromatic rings. The van der Waals surface area contributed by atoms with Gasteiger partial charge in [0.2, 0.25) is 5.82 Å². The van der Waals surface area contributed by atoms with Crippen molar-refractivity contribution in [2.24, 2.45) is 0 Å². The summed E-state index contributed by atoms with van der Waals surface area (Å²) in [5.74, 6) is -0.518. The molecule has 0 aliphatic carbocycles. The number of benzene rings is 1. The van der Waals surface area contributed by atoms with Gasteiger partial charge in [0.15, 0.2) is 0 Å². The lowest BCUT2D eigenvalue weighted by Gasteiger charge is -2.05. The number of hydrogen-bond donors (Lipinski definition) is 2. The fourth-order valence-corrected chi connectivity index (χ4v) is 1.53. The van der Waals surface area contributed by atoms with Crippen molar-refractivity contribution in [2.75, 3.05) is 0 Å². The van der Waals surface area contributed by atoms with Gasteiger partial charge in [-0.3, -0.25) is 0 Å². The number of halogens is 1. The smallest absolute Gasteiger partial charge is 0.340 e. The summed E-state index contributed by atoms with van der Waals surface area (Å²) >= 11 is 0. The summed E-state index contributed by atoms with van der Waals surface area (Å²) in [6.45, 7) is 0. The van der Waals surface area contributed by atoms with Crippen LogP contribution in [0.15, 0.2) is 30.5 Å². The molecule has 1 heterocycles. The van der Waals surface area contributed by atoms with Gasteiger partial charge in [0.25, 0.3) is 0 Å². The highest BCUT2D eigenvalue weighted by atomic mass is 19.1. The van der Waals surface area contributed by atoms with E-state index in [4.69, 9.17) is 0 Å². The molecule has 1 aromatic heterocycles. The van der Waals surface area contributed by atoms with Crippen molar-refractivity contribution in [1.29, 1.82) is 0 Å². The fraction of sp³-hybridized carbons (Fsp3) is 0.182. The van der Waals surface area contributed by atoms with Crippen LogP contribution in [-0.2, 0) is 6.42 Å². The van der Waals surface area contributed by atoms with Crippen molar-refractivity contribution < 1.29 is 14.4 Å². The second kappa shape index (κ2) is 4.92. The van der Waals surface area contributed by atoms with E-state index in [0.29, 0.717) is 5.56 Å². The Kier molecular flexibility index (Phi) is 3.33. The predicted octanol–water partition coefficient (Wildman–Crippen LogP) is 1.73. The molecule has 0 aliphatic heterocycles. The number of nitro groups is 1. The quantitative estimate of drug-likeness (QED) is 0.639. The van der Waals surface area contributed by atoms with Gasteiger partial charge in [-0.1, -0.05) is 12.1 Å². The van der Waals surface area contributed by atoms with Gasteiger partial charge < -0.3 is 15.2 Å². The normalized spacial score (nSPS) is 12.3. The van der Waals surface area contributed by atoms with Crippen LogP contribution in [0.5, 0.6) is 0 Å². The van der Waals surface area contributed by atoms with Crippen LogP contribution in [0.4, 0.5) is 10.2 Å². The van der Waals surface area contributed by atoms with Gasteiger partial charge >= 0.3 is 5.82 Å². The van der Waals surface area contributed by atoms with Gasteiger partial charge in [0.05, 0.1) is 0 Å². The van der Waals surface area contributed by atoms with E-state index in [9.17, 15) is 19.6 Å². The van der Waals surface area contributed by atoms with Crippen molar-refractivity contribution in [3.05, 3.63) is 57.8 Å². The standard InChI is InChI=1S/C11H10FN3O3/c12-8-3-1-7(2-4-8)5-9(16)11-13-6-10(14-11)15(17)18/h1-4,6,9,16H,5H2,(H,13,14). The maximum atomic E-state index is 12.7. The van der Waals surface area contributed by atoms with E-state index in [1.807, 2.05) is 0 Å². The van der Waals surface area contributed by atoms with Crippen LogP contribution in [0.3, 0.4) is 0 Å². The summed E-state index contributed by atoms with van der Waals surface area (Å²) in [6.07, 6.45) is 0.248. The SMILES string of the molecule is O=[N+]([O-])c1cnc(C(O)Cc2ccc(F)cc2)[nH]1. The molecule has 18 heavy (non-hydrogen) atoms. The molecule has 1 atom stereocenters. The summed E-state index contributed by atoms with van der Waals surface area (Å²) in [4.78, 5) is 16.0. The molecule has 2 N–H and O–H groups in total. The number of H-pyrrole nitrogens is 1. The minimum Gasteiger partial charge on any atom is -0.382 e. The third kappa shape index (κ3) is 2.69. The van der Waals surface area contributed by atoms with Gasteiger partial charge in [0, 0.05) is 6.42 Å². The first-order valence-electron chi connectivity index (χ1n) is 5.18. The maximum absolute atomic E-state index is 12.7. The zero-order valence-corrected chi connectivity index (χ0v) is 9.21. The summed E-state index contributed by atoms with van der Waals surface area (Å²) in [6, 6.07) is 5.64. The Morgan fingerprint density at radius 2 is 2.11 bits per heavy atom. The largest absolute Gasteiger partial charge is 0.382 e. The Hall–Kier alpha value is -2.28. The Morgan fingerprint density at radius 1 is 1.44 bits per heavy atom. The van der Waals surface area contributed by atoms with Crippen LogP contribution in [0, 0.1) is 15.9 Å². The molecular formula is C11H10FN3O3. The molecule has 0 radical (unpaired) electrons. The summed E-state index contributed by atoms with van der Waals surface area (Å²) in [5.41, 5.74) is 0.711. The van der Waals surface area contributed by atoms with Gasteiger partial charge in [0.1, 0.15) is 18.1 Å². The topological polar surface area (TPSA) is 92.1 Å². The van der Waals surface area contributed by atoms with E-state index >= 15 is 0 Å². The Labute approximate surface area is 101 Å². The van der Waals surface area contributed by atoms with E-state index in [2.05, 4.69) is 9.97 Å². The van der Waals surface area contributed by atoms with Gasteiger partial charge in [-0.25, -0.2) is 14.4 Å². The number of hydrogen-bond acceptors (Lipinski definition) is 4. The van der Waals surface area contributed by atoms with Crippen LogP contribution in [0.25, 0.3) is 0 Å². The molecule has 7 heteroatoms. The number of aliphatic hydroxyl groups excluding tert-OH is 1. The minimum atomic E-state index is -0.996. The first-order valence-corrected chi connectivity index (χ1v) is 5.18. The van der Waals surface area contributed by atoms with E-state index in [1.165, 1.54) is 24.3 Å². The highest BCUT2D eigenvalue weighted by Gasteiger charge is 2.18. The zero-order chi connectivity index (χ0) is 13.1. The van der Waals surface area contributed by atoms with Gasteiger partial charge in [-0.05, 0) is 22.6 Å². The molecule has 0 spiro atoms.